The zero-order valence-corrected chi connectivity index (χ0v) is 17.0. The first-order valence-corrected chi connectivity index (χ1v) is 10.3. The number of aromatic nitrogens is 2. The molecule has 156 valence electrons. The first-order chi connectivity index (χ1) is 13.4. The van der Waals surface area contributed by atoms with Crippen molar-refractivity contribution >= 4 is 11.9 Å². The maximum absolute atomic E-state index is 13.0. The van der Waals surface area contributed by atoms with Gasteiger partial charge >= 0.3 is 5.97 Å². The molecule has 8 heteroatoms. The highest BCUT2D eigenvalue weighted by Gasteiger charge is 2.39. The molecule has 8 nitrogen and oxygen atoms in total. The van der Waals surface area contributed by atoms with Crippen LogP contribution in [0.15, 0.2) is 12.3 Å². The second kappa shape index (κ2) is 9.05. The first kappa shape index (κ1) is 20.8. The van der Waals surface area contributed by atoms with Gasteiger partial charge in [0.15, 0.2) is 0 Å². The highest BCUT2D eigenvalue weighted by Crippen LogP contribution is 2.35. The van der Waals surface area contributed by atoms with Crippen molar-refractivity contribution in [2.24, 2.45) is 5.92 Å². The predicted octanol–water partition coefficient (Wildman–Crippen LogP) is 1.99. The number of rotatable bonds is 8. The van der Waals surface area contributed by atoms with E-state index < -0.39 is 5.97 Å². The molecular formula is C20H32N4O4. The molecule has 2 fully saturated rings. The van der Waals surface area contributed by atoms with Crippen molar-refractivity contribution in [3.8, 4) is 0 Å². The van der Waals surface area contributed by atoms with Crippen LogP contribution in [0.4, 0.5) is 0 Å². The van der Waals surface area contributed by atoms with Crippen LogP contribution in [0.5, 0.6) is 0 Å². The smallest absolute Gasteiger partial charge is 0.317 e. The Balaban J connectivity index is 1.59. The van der Waals surface area contributed by atoms with Crippen LogP contribution in [0.3, 0.4) is 0 Å². The van der Waals surface area contributed by atoms with Crippen LogP contribution >= 0.6 is 0 Å². The second-order valence-electron chi connectivity index (χ2n) is 8.12. The fourth-order valence-corrected chi connectivity index (χ4v) is 4.31. The van der Waals surface area contributed by atoms with E-state index in [0.717, 1.165) is 31.4 Å². The molecule has 2 aliphatic rings. The molecule has 1 aromatic heterocycles. The SMILES string of the molecule is CCN(CC(=O)O)C1CC(NC(=O)[C@@H]2CCCO[C@H]2c2ccnn2C(C)C)C1. The van der Waals surface area contributed by atoms with Crippen LogP contribution in [0.25, 0.3) is 0 Å². The van der Waals surface area contributed by atoms with E-state index >= 15 is 0 Å². The fourth-order valence-electron chi connectivity index (χ4n) is 4.31. The summed E-state index contributed by atoms with van der Waals surface area (Å²) in [5.41, 5.74) is 0.958. The van der Waals surface area contributed by atoms with Gasteiger partial charge in [-0.25, -0.2) is 0 Å². The molecule has 1 saturated heterocycles. The van der Waals surface area contributed by atoms with Gasteiger partial charge in [-0.2, -0.15) is 5.10 Å². The molecule has 0 aromatic carbocycles. The minimum Gasteiger partial charge on any atom is -0.480 e. The molecule has 1 saturated carbocycles. The second-order valence-corrected chi connectivity index (χ2v) is 8.12. The van der Waals surface area contributed by atoms with E-state index in [1.54, 1.807) is 6.20 Å². The lowest BCUT2D eigenvalue weighted by molar-refractivity contribution is -0.141. The predicted molar refractivity (Wildman–Crippen MR) is 104 cm³/mol. The number of ether oxygens (including phenoxy) is 1. The number of likely N-dealkylation sites (N-methyl/N-ethyl adjacent to an activating group) is 1. The molecule has 0 spiro atoms. The highest BCUT2D eigenvalue weighted by molar-refractivity contribution is 5.80. The highest BCUT2D eigenvalue weighted by atomic mass is 16.5. The van der Waals surface area contributed by atoms with Gasteiger partial charge in [0, 0.05) is 30.9 Å². The molecule has 1 amide bonds. The van der Waals surface area contributed by atoms with Crippen molar-refractivity contribution in [1.82, 2.24) is 20.0 Å². The van der Waals surface area contributed by atoms with Crippen molar-refractivity contribution in [2.45, 2.75) is 70.7 Å². The van der Waals surface area contributed by atoms with Crippen LogP contribution in [-0.2, 0) is 14.3 Å². The molecule has 2 atom stereocenters. The number of aliphatic carboxylic acids is 1. The monoisotopic (exact) mass is 392 g/mol. The zero-order valence-electron chi connectivity index (χ0n) is 17.0. The number of carbonyl (C=O) groups is 2. The van der Waals surface area contributed by atoms with Gasteiger partial charge in [0.1, 0.15) is 6.10 Å². The number of nitrogens with one attached hydrogen (secondary N) is 1. The quantitative estimate of drug-likeness (QED) is 0.702. The molecule has 1 aliphatic carbocycles. The molecule has 1 aliphatic heterocycles. The van der Waals surface area contributed by atoms with Gasteiger partial charge in [-0.3, -0.25) is 19.2 Å². The van der Waals surface area contributed by atoms with E-state index in [1.807, 2.05) is 22.6 Å². The van der Waals surface area contributed by atoms with Crippen LogP contribution < -0.4 is 5.32 Å². The minimum absolute atomic E-state index is 0.0333. The summed E-state index contributed by atoms with van der Waals surface area (Å²) in [4.78, 5) is 25.9. The maximum atomic E-state index is 13.0. The van der Waals surface area contributed by atoms with E-state index in [1.165, 1.54) is 0 Å². The molecular weight excluding hydrogens is 360 g/mol. The van der Waals surface area contributed by atoms with Crippen LogP contribution in [0, 0.1) is 5.92 Å². The van der Waals surface area contributed by atoms with E-state index in [2.05, 4.69) is 24.3 Å². The van der Waals surface area contributed by atoms with E-state index in [9.17, 15) is 9.59 Å². The molecule has 2 N–H and O–H groups in total. The summed E-state index contributed by atoms with van der Waals surface area (Å²) in [5.74, 6) is -0.993. The summed E-state index contributed by atoms with van der Waals surface area (Å²) in [5, 5.41) is 16.6. The van der Waals surface area contributed by atoms with Gasteiger partial charge < -0.3 is 15.2 Å². The van der Waals surface area contributed by atoms with Gasteiger partial charge in [0.05, 0.1) is 18.2 Å². The Kier molecular flexibility index (Phi) is 6.72. The van der Waals surface area contributed by atoms with E-state index in [4.69, 9.17) is 9.84 Å². The average Bonchev–Trinajstić information content (AvgIpc) is 3.12. The number of carbonyl (C=O) groups excluding carboxylic acids is 1. The van der Waals surface area contributed by atoms with Crippen LogP contribution in [0.2, 0.25) is 0 Å². The third-order valence-electron chi connectivity index (χ3n) is 5.86. The number of carboxylic acids is 1. The maximum Gasteiger partial charge on any atom is 0.317 e. The lowest BCUT2D eigenvalue weighted by Gasteiger charge is -2.43. The lowest BCUT2D eigenvalue weighted by atomic mass is 9.84. The van der Waals surface area contributed by atoms with Crippen molar-refractivity contribution in [3.63, 3.8) is 0 Å². The Morgan fingerprint density at radius 3 is 2.82 bits per heavy atom. The number of carboxylic acid groups (broad SMARTS) is 1. The molecule has 2 heterocycles. The van der Waals surface area contributed by atoms with E-state index in [0.29, 0.717) is 13.2 Å². The standard InChI is InChI=1S/C20H32N4O4/c1-4-23(12-18(25)26)15-10-14(11-15)22-20(27)16-6-5-9-28-19(16)17-7-8-21-24(17)13(2)3/h7-8,13-16,19H,4-6,9-12H2,1-3H3,(H,22,27)(H,25,26)/t14?,15?,16-,19-/m1/s1. The number of hydrogen-bond acceptors (Lipinski definition) is 5. The van der Waals surface area contributed by atoms with Gasteiger partial charge in [-0.05, 0) is 52.1 Å². The number of nitrogens with zero attached hydrogens (tertiary/aromatic N) is 3. The molecule has 3 rings (SSSR count). The van der Waals surface area contributed by atoms with Crippen molar-refractivity contribution in [3.05, 3.63) is 18.0 Å². The van der Waals surface area contributed by atoms with E-state index in [-0.39, 0.29) is 42.6 Å². The number of hydrogen-bond donors (Lipinski definition) is 2. The Bertz CT molecular complexity index is 684. The minimum atomic E-state index is -0.807. The molecule has 0 bridgehead atoms. The third-order valence-corrected chi connectivity index (χ3v) is 5.86. The third kappa shape index (κ3) is 4.55. The van der Waals surface area contributed by atoms with Crippen molar-refractivity contribution in [2.75, 3.05) is 19.7 Å². The Morgan fingerprint density at radius 2 is 2.18 bits per heavy atom. The average molecular weight is 393 g/mol. The summed E-state index contributed by atoms with van der Waals surface area (Å²) >= 11 is 0. The molecule has 0 unspecified atom stereocenters. The topological polar surface area (TPSA) is 96.7 Å². The normalized spacial score (nSPS) is 27.6. The molecule has 0 radical (unpaired) electrons. The lowest BCUT2D eigenvalue weighted by Crippen LogP contribution is -2.56. The van der Waals surface area contributed by atoms with Gasteiger partial charge in [0.25, 0.3) is 0 Å². The molecule has 1 aromatic rings. The van der Waals surface area contributed by atoms with Crippen LogP contribution in [0.1, 0.15) is 64.3 Å². The Labute approximate surface area is 166 Å². The summed E-state index contributed by atoms with van der Waals surface area (Å²) in [7, 11) is 0. The summed E-state index contributed by atoms with van der Waals surface area (Å²) in [6.45, 7) is 7.52. The zero-order chi connectivity index (χ0) is 20.3. The summed E-state index contributed by atoms with van der Waals surface area (Å²) in [6, 6.07) is 2.49. The van der Waals surface area contributed by atoms with Crippen molar-refractivity contribution in [1.29, 1.82) is 0 Å². The first-order valence-electron chi connectivity index (χ1n) is 10.3. The molecule has 28 heavy (non-hydrogen) atoms. The summed E-state index contributed by atoms with van der Waals surface area (Å²) < 4.78 is 7.94. The van der Waals surface area contributed by atoms with Gasteiger partial charge in [-0.1, -0.05) is 6.92 Å². The van der Waals surface area contributed by atoms with Crippen molar-refractivity contribution < 1.29 is 19.4 Å². The summed E-state index contributed by atoms with van der Waals surface area (Å²) in [6.07, 6.45) is 4.77. The number of amides is 1. The Morgan fingerprint density at radius 1 is 1.43 bits per heavy atom. The Hall–Kier alpha value is -1.93. The van der Waals surface area contributed by atoms with Gasteiger partial charge in [-0.15, -0.1) is 0 Å². The van der Waals surface area contributed by atoms with Gasteiger partial charge in [0.2, 0.25) is 5.91 Å². The largest absolute Gasteiger partial charge is 0.480 e. The fraction of sp³-hybridized carbons (Fsp3) is 0.750. The van der Waals surface area contributed by atoms with Crippen LogP contribution in [-0.4, -0.2) is 63.4 Å².